The zero-order valence-electron chi connectivity index (χ0n) is 18.4. The van der Waals surface area contributed by atoms with Crippen molar-refractivity contribution in [1.29, 1.82) is 0 Å². The fourth-order valence-corrected chi connectivity index (χ4v) is 4.00. The van der Waals surface area contributed by atoms with Crippen molar-refractivity contribution >= 4 is 13.6 Å². The third kappa shape index (κ3) is 7.52. The third-order valence-corrected chi connectivity index (χ3v) is 5.42. The van der Waals surface area contributed by atoms with Crippen LogP contribution in [0.3, 0.4) is 0 Å². The monoisotopic (exact) mass is 480 g/mol. The van der Waals surface area contributed by atoms with E-state index in [1.807, 2.05) is 6.07 Å². The van der Waals surface area contributed by atoms with E-state index in [4.69, 9.17) is 9.05 Å². The predicted octanol–water partition coefficient (Wildman–Crippen LogP) is 1.17. The van der Waals surface area contributed by atoms with E-state index in [2.05, 4.69) is 0 Å². The molecule has 1 atom stereocenters. The van der Waals surface area contributed by atoms with Crippen LogP contribution in [0.2, 0.25) is 0 Å². The van der Waals surface area contributed by atoms with Gasteiger partial charge in [-0.1, -0.05) is 18.2 Å². The van der Waals surface area contributed by atoms with E-state index < -0.39 is 30.9 Å². The van der Waals surface area contributed by atoms with Crippen molar-refractivity contribution in [1.82, 2.24) is 0 Å². The van der Waals surface area contributed by atoms with Crippen LogP contribution >= 0.6 is 7.82 Å². The summed E-state index contributed by atoms with van der Waals surface area (Å²) < 4.78 is 22.0. The summed E-state index contributed by atoms with van der Waals surface area (Å²) >= 11 is 0. The third-order valence-electron chi connectivity index (χ3n) is 4.56. The van der Waals surface area contributed by atoms with Crippen molar-refractivity contribution in [2.75, 3.05) is 0 Å². The van der Waals surface area contributed by atoms with E-state index in [0.29, 0.717) is 6.42 Å². The molecule has 0 radical (unpaired) electrons. The van der Waals surface area contributed by atoms with E-state index in [1.54, 1.807) is 26.0 Å². The second-order valence-corrected chi connectivity index (χ2v) is 8.64. The fraction of sp³-hybridized carbons (Fsp3) is 0.174. The van der Waals surface area contributed by atoms with Crippen molar-refractivity contribution in [3.05, 3.63) is 76.9 Å². The summed E-state index contributed by atoms with van der Waals surface area (Å²) in [5.74, 6) is -2.03. The Morgan fingerprint density at radius 3 is 1.88 bits per heavy atom. The second kappa shape index (κ2) is 11.1. The molecule has 0 aliphatic heterocycles. The standard InChI is InChI=1S/C23H23O8P.Na/c1-14-9-15(2)11-18(10-14)30-32(28,29)31-19-12-21(26)23(22(27)13-19)20(25)8-5-16-3-6-17(24)7-4-16;/h3-4,6-7,9-13,24,26-27H,5,8H2,1-2H3,(H,28,29);/q;+1/p-1. The molecule has 8 nitrogen and oxygen atoms in total. The zero-order valence-corrected chi connectivity index (χ0v) is 21.3. The van der Waals surface area contributed by atoms with Gasteiger partial charge in [0.25, 0.3) is 0 Å². The second-order valence-electron chi connectivity index (χ2n) is 7.38. The molecule has 168 valence electrons. The maximum atomic E-state index is 12.5. The Labute approximate surface area is 213 Å². The van der Waals surface area contributed by atoms with Crippen LogP contribution in [0.15, 0.2) is 54.6 Å². The van der Waals surface area contributed by atoms with Crippen molar-refractivity contribution < 1.29 is 68.2 Å². The molecule has 0 saturated carbocycles. The van der Waals surface area contributed by atoms with Gasteiger partial charge in [0.15, 0.2) is 5.78 Å². The molecule has 0 spiro atoms. The fourth-order valence-electron chi connectivity index (χ4n) is 3.23. The van der Waals surface area contributed by atoms with Gasteiger partial charge in [-0.2, -0.15) is 0 Å². The number of carbonyl (C=O) groups excluding carboxylic acids is 1. The van der Waals surface area contributed by atoms with Gasteiger partial charge in [0.2, 0.25) is 0 Å². The van der Waals surface area contributed by atoms with Crippen LogP contribution in [0.1, 0.15) is 33.5 Å². The Balaban J connectivity index is 0.00000385. The first-order valence-corrected chi connectivity index (χ1v) is 11.1. The summed E-state index contributed by atoms with van der Waals surface area (Å²) in [5, 5.41) is 29.7. The molecule has 3 aromatic carbocycles. The molecular formula is C23H22NaO8P. The summed E-state index contributed by atoms with van der Waals surface area (Å²) in [7, 11) is -4.89. The first-order valence-electron chi connectivity index (χ1n) is 9.68. The number of phosphoric acid groups is 1. The Hall–Kier alpha value is -2.48. The number of phenolic OH excluding ortho intramolecular Hbond substituents is 3. The molecule has 0 heterocycles. The number of Topliss-reactive ketones (excluding diaryl/α,β-unsaturated/α-hetero) is 1. The van der Waals surface area contributed by atoms with E-state index >= 15 is 0 Å². The van der Waals surface area contributed by atoms with Crippen LogP contribution in [0, 0.1) is 13.8 Å². The molecule has 3 N–H and O–H groups in total. The minimum atomic E-state index is -4.89. The number of benzene rings is 3. The van der Waals surface area contributed by atoms with Gasteiger partial charge in [-0.3, -0.25) is 4.79 Å². The van der Waals surface area contributed by atoms with Gasteiger partial charge >= 0.3 is 37.4 Å². The van der Waals surface area contributed by atoms with Gasteiger partial charge < -0.3 is 29.3 Å². The predicted molar refractivity (Wildman–Crippen MR) is 115 cm³/mol. The van der Waals surface area contributed by atoms with E-state index in [1.165, 1.54) is 24.3 Å². The van der Waals surface area contributed by atoms with Crippen molar-refractivity contribution in [3.63, 3.8) is 0 Å². The summed E-state index contributed by atoms with van der Waals surface area (Å²) in [6.07, 6.45) is 0.289. The average Bonchev–Trinajstić information content (AvgIpc) is 2.65. The van der Waals surface area contributed by atoms with E-state index in [-0.39, 0.29) is 53.0 Å². The van der Waals surface area contributed by atoms with Crippen LogP contribution in [-0.2, 0) is 11.0 Å². The molecule has 0 aliphatic rings. The van der Waals surface area contributed by atoms with Crippen molar-refractivity contribution in [3.8, 4) is 28.7 Å². The Morgan fingerprint density at radius 2 is 1.36 bits per heavy atom. The number of aromatic hydroxyl groups is 3. The number of phosphoric ester groups is 1. The number of hydrogen-bond acceptors (Lipinski definition) is 8. The minimum Gasteiger partial charge on any atom is -0.736 e. The number of carbonyl (C=O) groups is 1. The van der Waals surface area contributed by atoms with Gasteiger partial charge in [-0.15, -0.1) is 0 Å². The summed E-state index contributed by atoms with van der Waals surface area (Å²) in [6, 6.07) is 13.0. The van der Waals surface area contributed by atoms with E-state index in [9.17, 15) is 29.6 Å². The van der Waals surface area contributed by atoms with Crippen molar-refractivity contribution in [2.45, 2.75) is 26.7 Å². The van der Waals surface area contributed by atoms with Gasteiger partial charge in [-0.05, 0) is 61.2 Å². The normalized spacial score (nSPS) is 12.3. The molecule has 0 bridgehead atoms. The molecular weight excluding hydrogens is 458 g/mol. The number of ketones is 1. The SMILES string of the molecule is Cc1cc(C)cc(OP(=O)([O-])Oc2cc(O)c(C(=O)CCc3ccc(O)cc3)c(O)c2)c1.[Na+]. The van der Waals surface area contributed by atoms with Gasteiger partial charge in [0.05, 0.1) is 0 Å². The molecule has 0 aromatic heterocycles. The number of aryl methyl sites for hydroxylation is 3. The molecule has 0 aliphatic carbocycles. The molecule has 1 unspecified atom stereocenters. The topological polar surface area (TPSA) is 136 Å². The van der Waals surface area contributed by atoms with Gasteiger partial charge in [-0.25, -0.2) is 4.57 Å². The molecule has 0 fully saturated rings. The van der Waals surface area contributed by atoms with Gasteiger partial charge in [0.1, 0.15) is 34.3 Å². The zero-order chi connectivity index (χ0) is 23.5. The van der Waals surface area contributed by atoms with Crippen LogP contribution < -0.4 is 43.5 Å². The van der Waals surface area contributed by atoms with Crippen LogP contribution in [0.4, 0.5) is 0 Å². The Kier molecular flexibility index (Phi) is 9.00. The maximum absolute atomic E-state index is 12.5. The summed E-state index contributed by atoms with van der Waals surface area (Å²) in [6.45, 7) is 3.56. The largest absolute Gasteiger partial charge is 1.00 e. The van der Waals surface area contributed by atoms with E-state index in [0.717, 1.165) is 28.8 Å². The first kappa shape index (κ1) is 26.8. The molecule has 0 amide bonds. The quantitative estimate of drug-likeness (QED) is 0.248. The van der Waals surface area contributed by atoms with Crippen LogP contribution in [-0.4, -0.2) is 21.1 Å². The summed E-state index contributed by atoms with van der Waals surface area (Å²) in [5.41, 5.74) is 2.04. The minimum absolute atomic E-state index is 0. The first-order chi connectivity index (χ1) is 15.0. The Morgan fingerprint density at radius 1 is 0.879 bits per heavy atom. The van der Waals surface area contributed by atoms with Crippen molar-refractivity contribution in [2.24, 2.45) is 0 Å². The summed E-state index contributed by atoms with van der Waals surface area (Å²) in [4.78, 5) is 24.7. The molecule has 3 aromatic rings. The average molecular weight is 480 g/mol. The van der Waals surface area contributed by atoms with Crippen LogP contribution in [0.25, 0.3) is 0 Å². The smallest absolute Gasteiger partial charge is 0.736 e. The molecule has 3 rings (SSSR count). The Bertz CT molecular complexity index is 1150. The molecule has 10 heteroatoms. The molecule has 0 saturated heterocycles. The number of hydrogen-bond donors (Lipinski definition) is 3. The maximum Gasteiger partial charge on any atom is 1.00 e. The van der Waals surface area contributed by atoms with Crippen LogP contribution in [0.5, 0.6) is 28.7 Å². The molecule has 33 heavy (non-hydrogen) atoms. The number of phenols is 3. The van der Waals surface area contributed by atoms with Gasteiger partial charge in [0, 0.05) is 18.6 Å². The number of rotatable bonds is 8.